The Labute approximate surface area is 131 Å². The molecule has 106 valence electrons. The molecule has 0 saturated carbocycles. The zero-order valence-electron chi connectivity index (χ0n) is 11.5. The average Bonchev–Trinajstić information content (AvgIpc) is 2.45. The Morgan fingerprint density at radius 2 is 2.00 bits per heavy atom. The molecule has 5 heteroatoms. The maximum absolute atomic E-state index is 12.3. The van der Waals surface area contributed by atoms with Crippen LogP contribution in [-0.4, -0.2) is 5.91 Å². The highest BCUT2D eigenvalue weighted by Crippen LogP contribution is 2.23. The molecule has 3 N–H and O–H groups in total. The van der Waals surface area contributed by atoms with Crippen molar-refractivity contribution in [1.82, 2.24) is 0 Å². The van der Waals surface area contributed by atoms with Gasteiger partial charge >= 0.3 is 0 Å². The number of hydrogen-bond donors (Lipinski definition) is 2. The molecule has 2 aromatic rings. The summed E-state index contributed by atoms with van der Waals surface area (Å²) in [4.78, 5) is 12.3. The Morgan fingerprint density at radius 1 is 1.33 bits per heavy atom. The highest BCUT2D eigenvalue weighted by atomic mass is 79.9. The lowest BCUT2D eigenvalue weighted by Crippen LogP contribution is -2.14. The Morgan fingerprint density at radius 3 is 2.62 bits per heavy atom. The zero-order valence-corrected chi connectivity index (χ0v) is 13.1. The summed E-state index contributed by atoms with van der Waals surface area (Å²) in [7, 11) is 0. The van der Waals surface area contributed by atoms with Crippen molar-refractivity contribution in [2.24, 2.45) is 0 Å². The van der Waals surface area contributed by atoms with Gasteiger partial charge in [0.15, 0.2) is 0 Å². The van der Waals surface area contributed by atoms with E-state index in [-0.39, 0.29) is 5.91 Å². The molecule has 0 aliphatic heterocycles. The number of rotatable bonds is 3. The van der Waals surface area contributed by atoms with Gasteiger partial charge in [-0.3, -0.25) is 4.79 Å². The van der Waals surface area contributed by atoms with E-state index in [2.05, 4.69) is 27.3 Å². The van der Waals surface area contributed by atoms with Gasteiger partial charge in [0.05, 0.1) is 12.5 Å². The third-order valence-electron chi connectivity index (χ3n) is 3.15. The lowest BCUT2D eigenvalue weighted by Gasteiger charge is -2.10. The maximum Gasteiger partial charge on any atom is 0.256 e. The molecule has 0 spiro atoms. The van der Waals surface area contributed by atoms with Gasteiger partial charge in [-0.15, -0.1) is 0 Å². The van der Waals surface area contributed by atoms with E-state index in [4.69, 9.17) is 11.0 Å². The van der Waals surface area contributed by atoms with Gasteiger partial charge < -0.3 is 11.1 Å². The fraction of sp³-hybridized carbons (Fsp3) is 0.125. The molecular weight excluding hydrogens is 330 g/mol. The fourth-order valence-corrected chi connectivity index (χ4v) is 2.41. The second-order valence-corrected chi connectivity index (χ2v) is 5.57. The number of nitriles is 1. The summed E-state index contributed by atoms with van der Waals surface area (Å²) in [6, 6.07) is 12.8. The van der Waals surface area contributed by atoms with Crippen LogP contribution in [0.1, 0.15) is 21.5 Å². The zero-order chi connectivity index (χ0) is 15.4. The molecule has 0 aromatic heterocycles. The summed E-state index contributed by atoms with van der Waals surface area (Å²) >= 11 is 3.34. The number of nitrogens with one attached hydrogen (secondary N) is 1. The topological polar surface area (TPSA) is 78.9 Å². The molecule has 0 radical (unpaired) electrons. The van der Waals surface area contributed by atoms with Crippen LogP contribution in [0.3, 0.4) is 0 Å². The molecule has 1 amide bonds. The number of carbonyl (C=O) groups excluding carboxylic acids is 1. The fourth-order valence-electron chi connectivity index (χ4n) is 1.93. The van der Waals surface area contributed by atoms with Gasteiger partial charge in [-0.2, -0.15) is 5.26 Å². The number of amides is 1. The van der Waals surface area contributed by atoms with Crippen LogP contribution in [0.4, 0.5) is 11.4 Å². The van der Waals surface area contributed by atoms with Gasteiger partial charge in [-0.1, -0.05) is 28.1 Å². The first-order chi connectivity index (χ1) is 10.0. The van der Waals surface area contributed by atoms with Crippen molar-refractivity contribution in [2.45, 2.75) is 13.3 Å². The summed E-state index contributed by atoms with van der Waals surface area (Å²) in [6.45, 7) is 1.81. The van der Waals surface area contributed by atoms with E-state index in [9.17, 15) is 4.79 Å². The van der Waals surface area contributed by atoms with Crippen molar-refractivity contribution in [3.8, 4) is 6.07 Å². The second-order valence-electron chi connectivity index (χ2n) is 4.65. The van der Waals surface area contributed by atoms with Crippen molar-refractivity contribution in [1.29, 1.82) is 5.26 Å². The molecule has 0 aliphatic carbocycles. The molecule has 21 heavy (non-hydrogen) atoms. The van der Waals surface area contributed by atoms with Crippen molar-refractivity contribution < 1.29 is 4.79 Å². The Balaban J connectivity index is 2.20. The van der Waals surface area contributed by atoms with Crippen LogP contribution in [0.2, 0.25) is 0 Å². The van der Waals surface area contributed by atoms with Crippen LogP contribution in [0.5, 0.6) is 0 Å². The molecule has 0 atom stereocenters. The molecule has 4 nitrogen and oxygen atoms in total. The molecular formula is C16H14BrN3O. The van der Waals surface area contributed by atoms with E-state index in [1.54, 1.807) is 24.3 Å². The molecule has 2 aromatic carbocycles. The van der Waals surface area contributed by atoms with Crippen LogP contribution in [0.15, 0.2) is 40.9 Å². The predicted molar refractivity (Wildman–Crippen MR) is 87.0 cm³/mol. The third-order valence-corrected chi connectivity index (χ3v) is 3.61. The summed E-state index contributed by atoms with van der Waals surface area (Å²) in [6.07, 6.45) is 0.357. The normalized spacial score (nSPS) is 9.95. The highest BCUT2D eigenvalue weighted by molar-refractivity contribution is 9.10. The molecule has 0 fully saturated rings. The average molecular weight is 344 g/mol. The number of nitrogen functional groups attached to an aromatic ring is 1. The minimum absolute atomic E-state index is 0.214. The molecule has 0 saturated heterocycles. The Hall–Kier alpha value is -2.32. The SMILES string of the molecule is Cc1c(N)cc(Br)cc1C(=O)Nc1ccc(CC#N)cc1. The van der Waals surface area contributed by atoms with Crippen molar-refractivity contribution in [2.75, 3.05) is 11.1 Å². The van der Waals surface area contributed by atoms with Gasteiger partial charge in [-0.25, -0.2) is 0 Å². The summed E-state index contributed by atoms with van der Waals surface area (Å²) in [5, 5.41) is 11.5. The monoisotopic (exact) mass is 343 g/mol. The van der Waals surface area contributed by atoms with Gasteiger partial charge in [-0.05, 0) is 42.3 Å². The Bertz CT molecular complexity index is 718. The number of nitrogens with two attached hydrogens (primary N) is 1. The highest BCUT2D eigenvalue weighted by Gasteiger charge is 2.12. The number of anilines is 2. The van der Waals surface area contributed by atoms with Gasteiger partial charge in [0, 0.05) is 21.4 Å². The van der Waals surface area contributed by atoms with Crippen molar-refractivity contribution in [3.05, 3.63) is 57.6 Å². The van der Waals surface area contributed by atoms with E-state index in [0.717, 1.165) is 15.6 Å². The summed E-state index contributed by atoms with van der Waals surface area (Å²) in [5.74, 6) is -0.214. The largest absolute Gasteiger partial charge is 0.398 e. The number of nitrogens with zero attached hydrogens (tertiary/aromatic N) is 1. The summed E-state index contributed by atoms with van der Waals surface area (Å²) < 4.78 is 0.764. The third kappa shape index (κ3) is 3.61. The summed E-state index contributed by atoms with van der Waals surface area (Å²) in [5.41, 5.74) is 9.31. The number of hydrogen-bond acceptors (Lipinski definition) is 3. The van der Waals surface area contributed by atoms with Crippen LogP contribution in [0.25, 0.3) is 0 Å². The molecule has 0 aliphatic rings. The molecule has 0 heterocycles. The first-order valence-electron chi connectivity index (χ1n) is 6.34. The molecule has 0 bridgehead atoms. The van der Waals surface area contributed by atoms with Crippen LogP contribution >= 0.6 is 15.9 Å². The first-order valence-corrected chi connectivity index (χ1v) is 7.13. The van der Waals surface area contributed by atoms with Crippen molar-refractivity contribution >= 4 is 33.2 Å². The second kappa shape index (κ2) is 6.42. The number of halogens is 1. The minimum atomic E-state index is -0.214. The van der Waals surface area contributed by atoms with Crippen LogP contribution in [-0.2, 0) is 6.42 Å². The van der Waals surface area contributed by atoms with Crippen LogP contribution < -0.4 is 11.1 Å². The lowest BCUT2D eigenvalue weighted by atomic mass is 10.1. The van der Waals surface area contributed by atoms with Gasteiger partial charge in [0.1, 0.15) is 0 Å². The quantitative estimate of drug-likeness (QED) is 0.834. The Kier molecular flexibility index (Phi) is 4.61. The lowest BCUT2D eigenvalue weighted by molar-refractivity contribution is 0.102. The minimum Gasteiger partial charge on any atom is -0.398 e. The van der Waals surface area contributed by atoms with Crippen molar-refractivity contribution in [3.63, 3.8) is 0 Å². The maximum atomic E-state index is 12.3. The standard InChI is InChI=1S/C16H14BrN3O/c1-10-14(8-12(17)9-15(10)19)16(21)20-13-4-2-11(3-5-13)6-7-18/h2-5,8-9H,6,19H2,1H3,(H,20,21). The van der Waals surface area contributed by atoms with Gasteiger partial charge in [0.2, 0.25) is 0 Å². The van der Waals surface area contributed by atoms with E-state index < -0.39 is 0 Å². The number of carbonyl (C=O) groups is 1. The first kappa shape index (κ1) is 15.1. The van der Waals surface area contributed by atoms with Gasteiger partial charge in [0.25, 0.3) is 5.91 Å². The van der Waals surface area contributed by atoms with Crippen LogP contribution in [0, 0.1) is 18.3 Å². The van der Waals surface area contributed by atoms with E-state index >= 15 is 0 Å². The molecule has 0 unspecified atom stereocenters. The smallest absolute Gasteiger partial charge is 0.256 e. The molecule has 2 rings (SSSR count). The predicted octanol–water partition coefficient (Wildman–Crippen LogP) is 3.66. The number of benzene rings is 2. The van der Waals surface area contributed by atoms with E-state index in [0.29, 0.717) is 23.4 Å². The van der Waals surface area contributed by atoms with E-state index in [1.165, 1.54) is 0 Å². The van der Waals surface area contributed by atoms with E-state index in [1.807, 2.05) is 19.1 Å².